The Morgan fingerprint density at radius 3 is 2.64 bits per heavy atom. The van der Waals surface area contributed by atoms with Crippen LogP contribution in [0.25, 0.3) is 11.2 Å². The molecule has 11 nitrogen and oxygen atoms in total. The number of aromatic amines is 2. The molecule has 0 aliphatic carbocycles. The summed E-state index contributed by atoms with van der Waals surface area (Å²) in [5, 5.41) is 29.0. The molecule has 3 rings (SSSR count). The molecule has 1 aliphatic heterocycles. The number of hydrogen-bond acceptors (Lipinski definition) is 7. The topological polar surface area (TPSA) is 170 Å². The lowest BCUT2D eigenvalue weighted by Crippen LogP contribution is -2.36. The summed E-state index contributed by atoms with van der Waals surface area (Å²) in [6.07, 6.45) is -5.12. The molecule has 0 saturated carbocycles. The van der Waals surface area contributed by atoms with Gasteiger partial charge in [0, 0.05) is 7.05 Å². The second-order valence-electron chi connectivity index (χ2n) is 5.13. The molecule has 0 amide bonds. The first-order chi connectivity index (χ1) is 10.4. The molecule has 0 aromatic carbocycles. The van der Waals surface area contributed by atoms with Gasteiger partial charge in [0.05, 0.1) is 6.61 Å². The van der Waals surface area contributed by atoms with E-state index in [4.69, 9.17) is 15.6 Å². The van der Waals surface area contributed by atoms with Crippen LogP contribution in [-0.2, 0) is 11.8 Å². The van der Waals surface area contributed by atoms with E-state index in [0.717, 1.165) is 9.13 Å². The number of fused-ring (bicyclic) bond motifs is 1. The fourth-order valence-corrected chi connectivity index (χ4v) is 2.67. The summed E-state index contributed by atoms with van der Waals surface area (Å²) >= 11 is 0. The summed E-state index contributed by atoms with van der Waals surface area (Å²) in [6, 6.07) is 0. The van der Waals surface area contributed by atoms with Crippen LogP contribution in [0.2, 0.25) is 0 Å². The van der Waals surface area contributed by atoms with E-state index in [1.807, 2.05) is 0 Å². The van der Waals surface area contributed by atoms with E-state index < -0.39 is 42.4 Å². The van der Waals surface area contributed by atoms with Crippen LogP contribution in [0.5, 0.6) is 0 Å². The van der Waals surface area contributed by atoms with E-state index in [1.54, 1.807) is 0 Å². The van der Waals surface area contributed by atoms with Crippen molar-refractivity contribution >= 4 is 17.1 Å². The summed E-state index contributed by atoms with van der Waals surface area (Å²) in [4.78, 5) is 29.3. The molecular formula is C11H16N5O6+. The van der Waals surface area contributed by atoms with Gasteiger partial charge in [0.25, 0.3) is 0 Å². The normalized spacial score (nSPS) is 28.5. The number of nitrogen functional groups attached to an aromatic ring is 1. The maximum atomic E-state index is 12.4. The van der Waals surface area contributed by atoms with Crippen LogP contribution >= 0.6 is 0 Å². The minimum absolute atomic E-state index is 0.0111. The highest BCUT2D eigenvalue weighted by atomic mass is 16.6. The fourth-order valence-electron chi connectivity index (χ4n) is 2.67. The number of anilines is 1. The number of aliphatic hydroxyl groups excluding tert-OH is 3. The van der Waals surface area contributed by atoms with Crippen molar-refractivity contribution in [3.8, 4) is 0 Å². The van der Waals surface area contributed by atoms with E-state index in [-0.39, 0.29) is 17.1 Å². The number of imidazole rings is 1. The van der Waals surface area contributed by atoms with Crippen molar-refractivity contribution in [1.82, 2.24) is 14.1 Å². The van der Waals surface area contributed by atoms with E-state index in [0.29, 0.717) is 0 Å². The lowest BCUT2D eigenvalue weighted by molar-refractivity contribution is -0.337. The van der Waals surface area contributed by atoms with Crippen molar-refractivity contribution in [2.24, 2.45) is 7.05 Å². The number of nitrogens with two attached hydrogens (primary N) is 1. The van der Waals surface area contributed by atoms with E-state index in [9.17, 15) is 19.8 Å². The molecule has 11 heteroatoms. The van der Waals surface area contributed by atoms with E-state index >= 15 is 0 Å². The molecule has 2 aromatic rings. The average molecular weight is 314 g/mol. The monoisotopic (exact) mass is 314 g/mol. The van der Waals surface area contributed by atoms with Crippen LogP contribution < -0.4 is 22.0 Å². The first-order valence-corrected chi connectivity index (χ1v) is 6.51. The maximum Gasteiger partial charge on any atom is 0.374 e. The molecule has 7 N–H and O–H groups in total. The minimum Gasteiger partial charge on any atom is -0.394 e. The van der Waals surface area contributed by atoms with Crippen molar-refractivity contribution in [3.63, 3.8) is 0 Å². The molecule has 1 aliphatic rings. The van der Waals surface area contributed by atoms with Crippen molar-refractivity contribution in [2.45, 2.75) is 24.5 Å². The largest absolute Gasteiger partial charge is 0.394 e. The number of hydrogen-bond donors (Lipinski definition) is 5. The molecule has 0 spiro atoms. The fraction of sp³-hybridized carbons (Fsp3) is 0.545. The minimum atomic E-state index is -1.45. The zero-order chi connectivity index (χ0) is 16.2. The van der Waals surface area contributed by atoms with Crippen molar-refractivity contribution in [3.05, 3.63) is 20.8 Å². The zero-order valence-electron chi connectivity index (χ0n) is 11.6. The Hall–Kier alpha value is -2.21. The summed E-state index contributed by atoms with van der Waals surface area (Å²) in [5.41, 5.74) is 4.37. The second-order valence-corrected chi connectivity index (χ2v) is 5.13. The summed E-state index contributed by atoms with van der Waals surface area (Å²) in [6.45, 7) is -0.527. The number of nitrogens with zero attached hydrogens (tertiary/aromatic N) is 2. The highest BCUT2D eigenvalue weighted by Crippen LogP contribution is 2.29. The second kappa shape index (κ2) is 4.91. The number of ether oxygens (including phenoxy) is 1. The molecule has 0 radical (unpaired) electrons. The highest BCUT2D eigenvalue weighted by molar-refractivity contribution is 5.67. The molecule has 1 saturated heterocycles. The molecule has 1 fully saturated rings. The molecule has 2 aromatic heterocycles. The smallest absolute Gasteiger partial charge is 0.374 e. The molecule has 0 unspecified atom stereocenters. The average Bonchev–Trinajstić information content (AvgIpc) is 2.87. The Bertz CT molecular complexity index is 838. The van der Waals surface area contributed by atoms with Gasteiger partial charge in [0.1, 0.15) is 18.3 Å². The summed E-state index contributed by atoms with van der Waals surface area (Å²) in [7, 11) is 1.38. The number of aryl methyl sites for hydroxylation is 1. The third-order valence-corrected chi connectivity index (χ3v) is 3.78. The first-order valence-electron chi connectivity index (χ1n) is 6.51. The number of aromatic nitrogens is 4. The van der Waals surface area contributed by atoms with Gasteiger partial charge < -0.3 is 25.8 Å². The lowest BCUT2D eigenvalue weighted by Gasteiger charge is -2.12. The van der Waals surface area contributed by atoms with Crippen LogP contribution in [0, 0.1) is 0 Å². The standard InChI is InChI=1S/C11H15N5O6/c1-15-4-7(13-10(12)14-8(4)20)16(11(15)21)9-6(19)5(18)3(2-17)22-9/h3,5-6,9,17-19H,2H2,1H3,(H3,12,13,14,20)/p+1/t3-,5-,6-,9-/m1/s1. The molecule has 0 bridgehead atoms. The van der Waals surface area contributed by atoms with Crippen LogP contribution in [0.4, 0.5) is 5.95 Å². The first kappa shape index (κ1) is 14.7. The van der Waals surface area contributed by atoms with Gasteiger partial charge in [-0.25, -0.2) is 14.8 Å². The lowest BCUT2D eigenvalue weighted by atomic mass is 10.1. The van der Waals surface area contributed by atoms with Crippen molar-refractivity contribution in [1.29, 1.82) is 0 Å². The zero-order valence-corrected chi connectivity index (χ0v) is 11.6. The number of nitrogens with one attached hydrogen (secondary N) is 2. The van der Waals surface area contributed by atoms with Gasteiger partial charge in [-0.15, -0.1) is 0 Å². The van der Waals surface area contributed by atoms with Crippen LogP contribution in [0.3, 0.4) is 0 Å². The SMILES string of the molecule is Cn1c(=O)n([C@@H]2O[C@H](CO)[C@@H](O)[C@H]2O)c2[nH+]c(N)[nH]c(=O)c21. The van der Waals surface area contributed by atoms with Crippen LogP contribution in [-0.4, -0.2) is 54.4 Å². The molecule has 3 heterocycles. The van der Waals surface area contributed by atoms with Gasteiger partial charge in [0.2, 0.25) is 11.9 Å². The van der Waals surface area contributed by atoms with Gasteiger partial charge >= 0.3 is 17.2 Å². The number of H-pyrrole nitrogens is 2. The highest BCUT2D eigenvalue weighted by Gasteiger charge is 2.46. The van der Waals surface area contributed by atoms with Gasteiger partial charge in [-0.1, -0.05) is 0 Å². The third kappa shape index (κ3) is 1.87. The van der Waals surface area contributed by atoms with Gasteiger partial charge in [0.15, 0.2) is 5.52 Å². The summed E-state index contributed by atoms with van der Waals surface area (Å²) < 4.78 is 7.39. The number of rotatable bonds is 2. The Morgan fingerprint density at radius 2 is 2.05 bits per heavy atom. The van der Waals surface area contributed by atoms with E-state index in [2.05, 4.69) is 9.97 Å². The van der Waals surface area contributed by atoms with Gasteiger partial charge in [-0.3, -0.25) is 9.36 Å². The predicted molar refractivity (Wildman–Crippen MR) is 71.8 cm³/mol. The van der Waals surface area contributed by atoms with Crippen LogP contribution in [0.15, 0.2) is 9.59 Å². The Morgan fingerprint density at radius 1 is 1.36 bits per heavy atom. The quantitative estimate of drug-likeness (QED) is 0.376. The molecular weight excluding hydrogens is 298 g/mol. The van der Waals surface area contributed by atoms with Gasteiger partial charge in [-0.2, -0.15) is 4.57 Å². The van der Waals surface area contributed by atoms with Crippen LogP contribution in [0.1, 0.15) is 6.23 Å². The Kier molecular flexibility index (Phi) is 3.29. The van der Waals surface area contributed by atoms with Crippen molar-refractivity contribution < 1.29 is 25.0 Å². The third-order valence-electron chi connectivity index (χ3n) is 3.78. The Balaban J connectivity index is 2.26. The van der Waals surface area contributed by atoms with E-state index in [1.165, 1.54) is 7.05 Å². The molecule has 22 heavy (non-hydrogen) atoms. The molecule has 4 atom stereocenters. The van der Waals surface area contributed by atoms with Crippen molar-refractivity contribution in [2.75, 3.05) is 12.3 Å². The predicted octanol–water partition coefficient (Wildman–Crippen LogP) is -3.96. The summed E-state index contributed by atoms with van der Waals surface area (Å²) in [5.74, 6) is -0.0800. The maximum absolute atomic E-state index is 12.4. The molecule has 120 valence electrons. The van der Waals surface area contributed by atoms with Gasteiger partial charge in [-0.05, 0) is 0 Å². The number of aliphatic hydroxyl groups is 3. The Labute approximate surface area is 122 Å².